The summed E-state index contributed by atoms with van der Waals surface area (Å²) in [6, 6.07) is 2.70. The second-order valence-electron chi connectivity index (χ2n) is 2.75. The molecule has 2 nitrogen and oxygen atoms in total. The number of aromatic nitrogens is 2. The molecule has 0 aliphatic rings. The molecule has 0 fully saturated rings. The van der Waals surface area contributed by atoms with Gasteiger partial charge in [0.2, 0.25) is 0 Å². The van der Waals surface area contributed by atoms with Gasteiger partial charge in [-0.15, -0.1) is 0 Å². The van der Waals surface area contributed by atoms with Crippen molar-refractivity contribution in [3.63, 3.8) is 0 Å². The standard InChI is InChI=1S/C9H5Cl2FN2S/c1-15-9-13-7-5(12)3-2-4(10)6(7)8(11)14-9/h2-3H,1H3. The molecule has 2 rings (SSSR count). The van der Waals surface area contributed by atoms with Crippen LogP contribution in [0.25, 0.3) is 10.9 Å². The summed E-state index contributed by atoms with van der Waals surface area (Å²) in [7, 11) is 0. The van der Waals surface area contributed by atoms with Gasteiger partial charge in [-0.25, -0.2) is 14.4 Å². The number of thioether (sulfide) groups is 1. The molecule has 0 N–H and O–H groups in total. The number of rotatable bonds is 1. The van der Waals surface area contributed by atoms with Gasteiger partial charge in [-0.3, -0.25) is 0 Å². The first-order valence-corrected chi connectivity index (χ1v) is 5.97. The molecule has 2 aromatic rings. The number of nitrogens with zero attached hydrogens (tertiary/aromatic N) is 2. The minimum Gasteiger partial charge on any atom is -0.219 e. The van der Waals surface area contributed by atoms with Gasteiger partial charge in [-0.2, -0.15) is 0 Å². The minimum absolute atomic E-state index is 0.159. The normalized spacial score (nSPS) is 10.9. The molecule has 1 aromatic heterocycles. The Morgan fingerprint density at radius 2 is 2.00 bits per heavy atom. The SMILES string of the molecule is CSc1nc(Cl)c2c(Cl)ccc(F)c2n1. The van der Waals surface area contributed by atoms with E-state index in [0.29, 0.717) is 15.6 Å². The Morgan fingerprint density at radius 3 is 2.67 bits per heavy atom. The molecular formula is C9H5Cl2FN2S. The molecule has 6 heteroatoms. The molecule has 0 saturated heterocycles. The van der Waals surface area contributed by atoms with Crippen LogP contribution in [-0.4, -0.2) is 16.2 Å². The third-order valence-corrected chi connectivity index (χ3v) is 3.00. The maximum Gasteiger partial charge on any atom is 0.189 e. The molecule has 0 aliphatic carbocycles. The van der Waals surface area contributed by atoms with E-state index in [0.717, 1.165) is 0 Å². The average Bonchev–Trinajstić information content (AvgIpc) is 2.23. The molecule has 0 saturated carbocycles. The molecule has 78 valence electrons. The van der Waals surface area contributed by atoms with Gasteiger partial charge >= 0.3 is 0 Å². The summed E-state index contributed by atoms with van der Waals surface area (Å²) >= 11 is 13.1. The molecular weight excluding hydrogens is 258 g/mol. The second-order valence-corrected chi connectivity index (χ2v) is 4.29. The van der Waals surface area contributed by atoms with E-state index in [-0.39, 0.29) is 10.7 Å². The highest BCUT2D eigenvalue weighted by Gasteiger charge is 2.12. The van der Waals surface area contributed by atoms with Gasteiger partial charge in [0.05, 0.1) is 10.4 Å². The van der Waals surface area contributed by atoms with Gasteiger partial charge in [0.15, 0.2) is 5.16 Å². The highest BCUT2D eigenvalue weighted by Crippen LogP contribution is 2.31. The molecule has 1 aromatic carbocycles. The van der Waals surface area contributed by atoms with Crippen LogP contribution in [0.5, 0.6) is 0 Å². The van der Waals surface area contributed by atoms with Crippen molar-refractivity contribution in [2.75, 3.05) is 6.26 Å². The fourth-order valence-electron chi connectivity index (χ4n) is 1.20. The predicted octanol–water partition coefficient (Wildman–Crippen LogP) is 3.80. The molecule has 1 heterocycles. The lowest BCUT2D eigenvalue weighted by molar-refractivity contribution is 0.635. The number of hydrogen-bond acceptors (Lipinski definition) is 3. The third kappa shape index (κ3) is 1.89. The molecule has 0 amide bonds. The lowest BCUT2D eigenvalue weighted by Gasteiger charge is -2.04. The van der Waals surface area contributed by atoms with Crippen LogP contribution in [0.3, 0.4) is 0 Å². The summed E-state index contributed by atoms with van der Waals surface area (Å²) in [4.78, 5) is 8.01. The fraction of sp³-hybridized carbons (Fsp3) is 0.111. The van der Waals surface area contributed by atoms with Crippen LogP contribution in [0.4, 0.5) is 4.39 Å². The average molecular weight is 263 g/mol. The van der Waals surface area contributed by atoms with E-state index in [1.807, 2.05) is 0 Å². The first-order valence-electron chi connectivity index (χ1n) is 3.98. The Balaban J connectivity index is 2.90. The summed E-state index contributed by atoms with van der Waals surface area (Å²) in [5.41, 5.74) is 0.159. The maximum atomic E-state index is 13.4. The molecule has 0 radical (unpaired) electrons. The topological polar surface area (TPSA) is 25.8 Å². The van der Waals surface area contributed by atoms with Gasteiger partial charge in [-0.1, -0.05) is 35.0 Å². The fourth-order valence-corrected chi connectivity index (χ4v) is 2.18. The van der Waals surface area contributed by atoms with Crippen molar-refractivity contribution in [1.82, 2.24) is 9.97 Å². The van der Waals surface area contributed by atoms with Crippen molar-refractivity contribution >= 4 is 45.9 Å². The Hall–Kier alpha value is -0.580. The van der Waals surface area contributed by atoms with Crippen LogP contribution in [0.15, 0.2) is 17.3 Å². The molecule has 0 aliphatic heterocycles. The van der Waals surface area contributed by atoms with Crippen LogP contribution in [0, 0.1) is 5.82 Å². The number of hydrogen-bond donors (Lipinski definition) is 0. The first-order chi connectivity index (χ1) is 7.13. The third-order valence-electron chi connectivity index (χ3n) is 1.87. The lowest BCUT2D eigenvalue weighted by atomic mass is 10.2. The zero-order valence-electron chi connectivity index (χ0n) is 7.59. The zero-order valence-corrected chi connectivity index (χ0v) is 9.92. The number of benzene rings is 1. The van der Waals surface area contributed by atoms with E-state index in [1.165, 1.54) is 23.9 Å². The van der Waals surface area contributed by atoms with Crippen LogP contribution in [-0.2, 0) is 0 Å². The second kappa shape index (κ2) is 4.12. The number of fused-ring (bicyclic) bond motifs is 1. The first kappa shape index (κ1) is 10.9. The molecule has 0 unspecified atom stereocenters. The molecule has 15 heavy (non-hydrogen) atoms. The van der Waals surface area contributed by atoms with Crippen LogP contribution in [0.2, 0.25) is 10.2 Å². The molecule has 0 atom stereocenters. The number of halogens is 3. The van der Waals surface area contributed by atoms with E-state index in [9.17, 15) is 4.39 Å². The van der Waals surface area contributed by atoms with Crippen molar-refractivity contribution in [2.24, 2.45) is 0 Å². The summed E-state index contributed by atoms with van der Waals surface area (Å²) in [5, 5.41) is 1.31. The van der Waals surface area contributed by atoms with Crippen LogP contribution >= 0.6 is 35.0 Å². The minimum atomic E-state index is -0.450. The van der Waals surface area contributed by atoms with E-state index < -0.39 is 5.82 Å². The Labute approximate surface area is 99.8 Å². The van der Waals surface area contributed by atoms with Crippen LogP contribution < -0.4 is 0 Å². The van der Waals surface area contributed by atoms with E-state index >= 15 is 0 Å². The monoisotopic (exact) mass is 262 g/mol. The quantitative estimate of drug-likeness (QED) is 0.444. The summed E-state index contributed by atoms with van der Waals surface area (Å²) < 4.78 is 13.4. The van der Waals surface area contributed by atoms with Crippen molar-refractivity contribution < 1.29 is 4.39 Å². The van der Waals surface area contributed by atoms with Gasteiger partial charge in [0.25, 0.3) is 0 Å². The van der Waals surface area contributed by atoms with Gasteiger partial charge in [-0.05, 0) is 18.4 Å². The predicted molar refractivity (Wildman–Crippen MR) is 61.3 cm³/mol. The van der Waals surface area contributed by atoms with E-state index in [1.54, 1.807) is 6.26 Å². The maximum absolute atomic E-state index is 13.4. The van der Waals surface area contributed by atoms with Gasteiger partial charge in [0, 0.05) is 0 Å². The van der Waals surface area contributed by atoms with Crippen molar-refractivity contribution in [3.8, 4) is 0 Å². The summed E-state index contributed by atoms with van der Waals surface area (Å²) in [5.74, 6) is -0.450. The lowest BCUT2D eigenvalue weighted by Crippen LogP contribution is -1.92. The van der Waals surface area contributed by atoms with Gasteiger partial charge < -0.3 is 0 Å². The van der Waals surface area contributed by atoms with Crippen molar-refractivity contribution in [3.05, 3.63) is 28.1 Å². The smallest absolute Gasteiger partial charge is 0.189 e. The Morgan fingerprint density at radius 1 is 1.27 bits per heavy atom. The Bertz CT molecular complexity index is 533. The summed E-state index contributed by atoms with van der Waals surface area (Å²) in [6.07, 6.45) is 1.79. The highest BCUT2D eigenvalue weighted by molar-refractivity contribution is 7.98. The highest BCUT2D eigenvalue weighted by atomic mass is 35.5. The largest absolute Gasteiger partial charge is 0.219 e. The zero-order chi connectivity index (χ0) is 11.0. The Kier molecular flexibility index (Phi) is 3.00. The van der Waals surface area contributed by atoms with E-state index in [4.69, 9.17) is 23.2 Å². The van der Waals surface area contributed by atoms with E-state index in [2.05, 4.69) is 9.97 Å². The van der Waals surface area contributed by atoms with Crippen molar-refractivity contribution in [1.29, 1.82) is 0 Å². The molecule has 0 bridgehead atoms. The van der Waals surface area contributed by atoms with Crippen LogP contribution in [0.1, 0.15) is 0 Å². The molecule has 0 spiro atoms. The summed E-state index contributed by atoms with van der Waals surface area (Å²) in [6.45, 7) is 0. The van der Waals surface area contributed by atoms with Crippen molar-refractivity contribution in [2.45, 2.75) is 5.16 Å². The van der Waals surface area contributed by atoms with Gasteiger partial charge in [0.1, 0.15) is 16.5 Å².